The summed E-state index contributed by atoms with van der Waals surface area (Å²) in [5.41, 5.74) is 2.57. The first-order valence-corrected chi connectivity index (χ1v) is 6.64. The molecule has 1 unspecified atom stereocenters. The zero-order valence-corrected chi connectivity index (χ0v) is 11.2. The molecule has 94 valence electrons. The molecule has 18 heavy (non-hydrogen) atoms. The molecule has 0 spiro atoms. The Balaban J connectivity index is 2.04. The summed E-state index contributed by atoms with van der Waals surface area (Å²) in [5, 5.41) is 0. The maximum atomic E-state index is 5.16. The van der Waals surface area contributed by atoms with E-state index in [0.29, 0.717) is 0 Å². The molecule has 0 aliphatic heterocycles. The summed E-state index contributed by atoms with van der Waals surface area (Å²) in [5.74, 6) is 7.85. The van der Waals surface area contributed by atoms with Crippen LogP contribution in [0.1, 0.15) is 44.1 Å². The summed E-state index contributed by atoms with van der Waals surface area (Å²) in [4.78, 5) is 0. The zero-order chi connectivity index (χ0) is 12.8. The molecule has 1 aromatic carbocycles. The third-order valence-electron chi connectivity index (χ3n) is 3.36. The molecule has 1 aliphatic carbocycles. The molecule has 0 heterocycles. The molecule has 0 N–H and O–H groups in total. The average Bonchev–Trinajstić information content (AvgIpc) is 2.46. The van der Waals surface area contributed by atoms with E-state index in [9.17, 15) is 0 Å². The van der Waals surface area contributed by atoms with Crippen molar-refractivity contribution in [2.24, 2.45) is 0 Å². The van der Waals surface area contributed by atoms with E-state index in [4.69, 9.17) is 4.74 Å². The van der Waals surface area contributed by atoms with Crippen molar-refractivity contribution in [1.29, 1.82) is 0 Å². The standard InChI is InChI=1S/C17H20O/c1-14(8-9-15-6-4-3-5-7-15)16-10-12-17(18-2)13-11-16/h6,10-14H,3-5,7H2,1-2H3. The van der Waals surface area contributed by atoms with Crippen LogP contribution in [0.5, 0.6) is 5.75 Å². The number of allylic oxidation sites excluding steroid dienone is 2. The molecule has 0 bridgehead atoms. The molecule has 0 amide bonds. The maximum absolute atomic E-state index is 5.16. The Hall–Kier alpha value is -1.68. The molecular weight excluding hydrogens is 220 g/mol. The lowest BCUT2D eigenvalue weighted by atomic mass is 9.97. The van der Waals surface area contributed by atoms with Crippen LogP contribution < -0.4 is 4.74 Å². The van der Waals surface area contributed by atoms with Crippen molar-refractivity contribution in [2.45, 2.75) is 38.5 Å². The highest BCUT2D eigenvalue weighted by Gasteiger charge is 2.03. The molecule has 0 saturated heterocycles. The maximum Gasteiger partial charge on any atom is 0.118 e. The zero-order valence-electron chi connectivity index (χ0n) is 11.2. The van der Waals surface area contributed by atoms with Crippen molar-refractivity contribution in [3.05, 3.63) is 41.5 Å². The van der Waals surface area contributed by atoms with Crippen LogP contribution in [0.2, 0.25) is 0 Å². The Bertz CT molecular complexity index is 471. The summed E-state index contributed by atoms with van der Waals surface area (Å²) in [7, 11) is 1.69. The van der Waals surface area contributed by atoms with Gasteiger partial charge in [0.1, 0.15) is 5.75 Å². The fourth-order valence-electron chi connectivity index (χ4n) is 2.13. The van der Waals surface area contributed by atoms with Gasteiger partial charge in [0, 0.05) is 5.92 Å². The van der Waals surface area contributed by atoms with Gasteiger partial charge in [-0.3, -0.25) is 0 Å². The van der Waals surface area contributed by atoms with Gasteiger partial charge in [0.25, 0.3) is 0 Å². The third-order valence-corrected chi connectivity index (χ3v) is 3.36. The first-order chi connectivity index (χ1) is 8.79. The molecule has 1 atom stereocenters. The van der Waals surface area contributed by atoms with Crippen LogP contribution in [0.15, 0.2) is 35.9 Å². The molecule has 1 heteroatoms. The van der Waals surface area contributed by atoms with E-state index in [-0.39, 0.29) is 5.92 Å². The van der Waals surface area contributed by atoms with Crippen LogP contribution in [0.25, 0.3) is 0 Å². The van der Waals surface area contributed by atoms with Crippen molar-refractivity contribution in [3.63, 3.8) is 0 Å². The van der Waals surface area contributed by atoms with Gasteiger partial charge in [0.2, 0.25) is 0 Å². The summed E-state index contributed by atoms with van der Waals surface area (Å²) in [6.45, 7) is 2.15. The van der Waals surface area contributed by atoms with E-state index < -0.39 is 0 Å². The fraction of sp³-hybridized carbons (Fsp3) is 0.412. The van der Waals surface area contributed by atoms with Gasteiger partial charge in [-0.15, -0.1) is 0 Å². The van der Waals surface area contributed by atoms with Crippen molar-refractivity contribution in [3.8, 4) is 17.6 Å². The van der Waals surface area contributed by atoms with Crippen molar-refractivity contribution in [2.75, 3.05) is 7.11 Å². The largest absolute Gasteiger partial charge is 0.497 e. The molecule has 1 aliphatic rings. The fourth-order valence-corrected chi connectivity index (χ4v) is 2.13. The first-order valence-electron chi connectivity index (χ1n) is 6.64. The second-order valence-corrected chi connectivity index (χ2v) is 4.74. The SMILES string of the molecule is COc1ccc(C(C)C#CC2=CCCCC2)cc1. The van der Waals surface area contributed by atoms with E-state index >= 15 is 0 Å². The highest BCUT2D eigenvalue weighted by Crippen LogP contribution is 2.20. The summed E-state index contributed by atoms with van der Waals surface area (Å²) < 4.78 is 5.16. The Morgan fingerprint density at radius 2 is 1.94 bits per heavy atom. The van der Waals surface area contributed by atoms with E-state index in [1.807, 2.05) is 12.1 Å². The van der Waals surface area contributed by atoms with Gasteiger partial charge in [0.15, 0.2) is 0 Å². The van der Waals surface area contributed by atoms with E-state index in [2.05, 4.69) is 37.0 Å². The van der Waals surface area contributed by atoms with Crippen LogP contribution >= 0.6 is 0 Å². The molecule has 0 fully saturated rings. The smallest absolute Gasteiger partial charge is 0.118 e. The van der Waals surface area contributed by atoms with Gasteiger partial charge in [-0.2, -0.15) is 0 Å². The Labute approximate surface area is 110 Å². The van der Waals surface area contributed by atoms with E-state index in [1.165, 1.54) is 30.4 Å². The first kappa shape index (κ1) is 12.8. The number of benzene rings is 1. The van der Waals surface area contributed by atoms with Gasteiger partial charge in [0.05, 0.1) is 7.11 Å². The lowest BCUT2D eigenvalue weighted by Gasteiger charge is -2.08. The average molecular weight is 240 g/mol. The molecule has 1 nitrogen and oxygen atoms in total. The Kier molecular flexibility index (Phi) is 4.47. The number of rotatable bonds is 2. The Morgan fingerprint density at radius 3 is 2.56 bits per heavy atom. The van der Waals surface area contributed by atoms with Crippen LogP contribution in [0.3, 0.4) is 0 Å². The molecule has 2 rings (SSSR count). The second-order valence-electron chi connectivity index (χ2n) is 4.74. The van der Waals surface area contributed by atoms with Crippen molar-refractivity contribution >= 4 is 0 Å². The molecule has 1 aromatic rings. The normalized spacial score (nSPS) is 16.2. The molecule has 0 aromatic heterocycles. The molecular formula is C17H20O. The van der Waals surface area contributed by atoms with Gasteiger partial charge in [-0.1, -0.05) is 30.0 Å². The molecule has 0 radical (unpaired) electrons. The molecule has 0 saturated carbocycles. The minimum atomic E-state index is 0.277. The number of hydrogen-bond acceptors (Lipinski definition) is 1. The number of hydrogen-bond donors (Lipinski definition) is 0. The van der Waals surface area contributed by atoms with E-state index in [0.717, 1.165) is 12.2 Å². The lowest BCUT2D eigenvalue weighted by molar-refractivity contribution is 0.414. The third kappa shape index (κ3) is 3.40. The minimum Gasteiger partial charge on any atom is -0.497 e. The van der Waals surface area contributed by atoms with Crippen LogP contribution in [0.4, 0.5) is 0 Å². The Morgan fingerprint density at radius 1 is 1.17 bits per heavy atom. The second kappa shape index (κ2) is 6.31. The summed E-state index contributed by atoms with van der Waals surface area (Å²) >= 11 is 0. The van der Waals surface area contributed by atoms with Crippen LogP contribution in [0, 0.1) is 11.8 Å². The summed E-state index contributed by atoms with van der Waals surface area (Å²) in [6.07, 6.45) is 7.25. The minimum absolute atomic E-state index is 0.277. The van der Waals surface area contributed by atoms with E-state index in [1.54, 1.807) is 7.11 Å². The highest BCUT2D eigenvalue weighted by atomic mass is 16.5. The van der Waals surface area contributed by atoms with Crippen LogP contribution in [-0.2, 0) is 0 Å². The van der Waals surface area contributed by atoms with Crippen molar-refractivity contribution < 1.29 is 4.74 Å². The van der Waals surface area contributed by atoms with Gasteiger partial charge < -0.3 is 4.74 Å². The van der Waals surface area contributed by atoms with Gasteiger partial charge in [-0.25, -0.2) is 0 Å². The topological polar surface area (TPSA) is 9.23 Å². The van der Waals surface area contributed by atoms with Gasteiger partial charge in [-0.05, 0) is 55.9 Å². The highest BCUT2D eigenvalue weighted by molar-refractivity contribution is 5.37. The predicted octanol–water partition coefficient (Wildman–Crippen LogP) is 4.30. The predicted molar refractivity (Wildman–Crippen MR) is 75.7 cm³/mol. The summed E-state index contributed by atoms with van der Waals surface area (Å²) in [6, 6.07) is 8.17. The van der Waals surface area contributed by atoms with Crippen LogP contribution in [-0.4, -0.2) is 7.11 Å². The quantitative estimate of drug-likeness (QED) is 0.700. The van der Waals surface area contributed by atoms with Gasteiger partial charge >= 0.3 is 0 Å². The number of ether oxygens (including phenoxy) is 1. The monoisotopic (exact) mass is 240 g/mol. The number of methoxy groups -OCH3 is 1. The van der Waals surface area contributed by atoms with Crippen molar-refractivity contribution in [1.82, 2.24) is 0 Å². The lowest BCUT2D eigenvalue weighted by Crippen LogP contribution is -1.92.